The maximum Gasteiger partial charge on any atom is 0.235 e. The van der Waals surface area contributed by atoms with Crippen LogP contribution in [-0.2, 0) is 15.0 Å². The van der Waals surface area contributed by atoms with Crippen LogP contribution in [0.3, 0.4) is 0 Å². The summed E-state index contributed by atoms with van der Waals surface area (Å²) in [5, 5.41) is 5.69. The lowest BCUT2D eigenvalue weighted by atomic mass is 9.94. The molecule has 4 nitrogen and oxygen atoms in total. The van der Waals surface area contributed by atoms with Crippen molar-refractivity contribution in [2.24, 2.45) is 0 Å². The molecule has 0 aromatic heterocycles. The molecule has 1 aliphatic carbocycles. The molecule has 0 radical (unpaired) electrons. The Morgan fingerprint density at radius 2 is 1.39 bits per heavy atom. The predicted octanol–water partition coefficient (Wildman–Crippen LogP) is 3.62. The van der Waals surface area contributed by atoms with Crippen LogP contribution < -0.4 is 10.6 Å². The van der Waals surface area contributed by atoms with Gasteiger partial charge in [0.05, 0.1) is 5.41 Å². The Morgan fingerprint density at radius 3 is 1.87 bits per heavy atom. The van der Waals surface area contributed by atoms with Crippen molar-refractivity contribution in [3.05, 3.63) is 59.7 Å². The van der Waals surface area contributed by atoms with Crippen LogP contribution in [0.15, 0.2) is 48.5 Å². The Labute approximate surface area is 135 Å². The van der Waals surface area contributed by atoms with Gasteiger partial charge in [0.15, 0.2) is 0 Å². The van der Waals surface area contributed by atoms with Crippen LogP contribution in [0.5, 0.6) is 0 Å². The monoisotopic (exact) mass is 308 g/mol. The van der Waals surface area contributed by atoms with Crippen molar-refractivity contribution in [3.63, 3.8) is 0 Å². The zero-order chi connectivity index (χ0) is 16.4. The molecule has 2 aromatic rings. The highest BCUT2D eigenvalue weighted by molar-refractivity contribution is 6.01. The van der Waals surface area contributed by atoms with Crippen molar-refractivity contribution in [2.75, 3.05) is 10.6 Å². The highest BCUT2D eigenvalue weighted by Crippen LogP contribution is 2.49. The van der Waals surface area contributed by atoms with Gasteiger partial charge in [0, 0.05) is 18.3 Å². The second-order valence-electron chi connectivity index (χ2n) is 6.16. The third kappa shape index (κ3) is 3.26. The molecule has 23 heavy (non-hydrogen) atoms. The zero-order valence-electron chi connectivity index (χ0n) is 13.3. The average molecular weight is 308 g/mol. The number of carbonyl (C=O) groups is 2. The fourth-order valence-corrected chi connectivity index (χ4v) is 2.74. The Kier molecular flexibility index (Phi) is 3.90. The third-order valence-electron chi connectivity index (χ3n) is 4.25. The van der Waals surface area contributed by atoms with E-state index in [1.807, 2.05) is 31.2 Å². The van der Waals surface area contributed by atoms with E-state index >= 15 is 0 Å². The quantitative estimate of drug-likeness (QED) is 0.906. The molecule has 0 heterocycles. The van der Waals surface area contributed by atoms with E-state index in [0.717, 1.165) is 29.8 Å². The minimum Gasteiger partial charge on any atom is -0.326 e. The standard InChI is InChI=1S/C19H20N2O2/c1-13-3-5-15(6-4-13)19(11-12-19)18(23)21-17-9-7-16(8-10-17)20-14(2)22/h3-10H,11-12H2,1-2H3,(H,20,22)(H,21,23). The molecule has 1 fully saturated rings. The van der Waals surface area contributed by atoms with Gasteiger partial charge < -0.3 is 10.6 Å². The molecule has 1 aliphatic rings. The first kappa shape index (κ1) is 15.3. The number of benzene rings is 2. The second-order valence-corrected chi connectivity index (χ2v) is 6.16. The lowest BCUT2D eigenvalue weighted by Gasteiger charge is -2.16. The van der Waals surface area contributed by atoms with E-state index in [-0.39, 0.29) is 17.2 Å². The maximum atomic E-state index is 12.7. The van der Waals surface area contributed by atoms with Gasteiger partial charge in [-0.3, -0.25) is 9.59 Å². The van der Waals surface area contributed by atoms with Crippen LogP contribution in [0.25, 0.3) is 0 Å². The van der Waals surface area contributed by atoms with Gasteiger partial charge in [0.2, 0.25) is 11.8 Å². The Bertz CT molecular complexity index is 729. The lowest BCUT2D eigenvalue weighted by molar-refractivity contribution is -0.118. The molecule has 2 amide bonds. The first-order valence-electron chi connectivity index (χ1n) is 7.76. The van der Waals surface area contributed by atoms with Gasteiger partial charge in [-0.2, -0.15) is 0 Å². The summed E-state index contributed by atoms with van der Waals surface area (Å²) in [6, 6.07) is 15.3. The number of hydrogen-bond donors (Lipinski definition) is 2. The van der Waals surface area contributed by atoms with Crippen LogP contribution in [0.1, 0.15) is 30.9 Å². The highest BCUT2D eigenvalue weighted by Gasteiger charge is 2.51. The largest absolute Gasteiger partial charge is 0.326 e. The highest BCUT2D eigenvalue weighted by atomic mass is 16.2. The minimum absolute atomic E-state index is 0.0358. The summed E-state index contributed by atoms with van der Waals surface area (Å²) in [7, 11) is 0. The van der Waals surface area contributed by atoms with E-state index in [1.54, 1.807) is 24.3 Å². The molecule has 4 heteroatoms. The predicted molar refractivity (Wildman–Crippen MR) is 91.5 cm³/mol. The van der Waals surface area contributed by atoms with Crippen LogP contribution in [0.2, 0.25) is 0 Å². The lowest BCUT2D eigenvalue weighted by Crippen LogP contribution is -2.27. The summed E-state index contributed by atoms with van der Waals surface area (Å²) >= 11 is 0. The summed E-state index contributed by atoms with van der Waals surface area (Å²) in [5.41, 5.74) is 3.34. The van der Waals surface area contributed by atoms with Crippen molar-refractivity contribution in [3.8, 4) is 0 Å². The third-order valence-corrected chi connectivity index (χ3v) is 4.25. The molecule has 3 rings (SSSR count). The van der Waals surface area contributed by atoms with Crippen LogP contribution in [0, 0.1) is 6.92 Å². The minimum atomic E-state index is -0.385. The number of amides is 2. The zero-order valence-corrected chi connectivity index (χ0v) is 13.3. The second kappa shape index (κ2) is 5.88. The van der Waals surface area contributed by atoms with E-state index in [2.05, 4.69) is 10.6 Å². The number of hydrogen-bond acceptors (Lipinski definition) is 2. The number of rotatable bonds is 4. The smallest absolute Gasteiger partial charge is 0.235 e. The van der Waals surface area contributed by atoms with Crippen molar-refractivity contribution in [1.29, 1.82) is 0 Å². The molecule has 0 spiro atoms. The SMILES string of the molecule is CC(=O)Nc1ccc(NC(=O)C2(c3ccc(C)cc3)CC2)cc1. The van der Waals surface area contributed by atoms with E-state index in [1.165, 1.54) is 12.5 Å². The molecule has 1 saturated carbocycles. The van der Waals surface area contributed by atoms with Gasteiger partial charge in [-0.05, 0) is 49.6 Å². The molecule has 0 aliphatic heterocycles. The van der Waals surface area contributed by atoms with Gasteiger partial charge in [0.25, 0.3) is 0 Å². The molecule has 0 bridgehead atoms. The van der Waals surface area contributed by atoms with E-state index in [4.69, 9.17) is 0 Å². The molecule has 118 valence electrons. The molecule has 0 saturated heterocycles. The molecular weight excluding hydrogens is 288 g/mol. The fourth-order valence-electron chi connectivity index (χ4n) is 2.74. The molecule has 0 unspecified atom stereocenters. The average Bonchev–Trinajstić information content (AvgIpc) is 3.31. The number of carbonyl (C=O) groups excluding carboxylic acids is 2. The van der Waals surface area contributed by atoms with E-state index < -0.39 is 0 Å². The summed E-state index contributed by atoms with van der Waals surface area (Å²) in [6.07, 6.45) is 1.76. The Balaban J connectivity index is 1.71. The number of nitrogens with one attached hydrogen (secondary N) is 2. The number of anilines is 2. The maximum absolute atomic E-state index is 12.7. The summed E-state index contributed by atoms with van der Waals surface area (Å²) in [6.45, 7) is 3.51. The molecular formula is C19H20N2O2. The van der Waals surface area contributed by atoms with Gasteiger partial charge in [-0.25, -0.2) is 0 Å². The molecule has 0 atom stereocenters. The van der Waals surface area contributed by atoms with Crippen molar-refractivity contribution in [1.82, 2.24) is 0 Å². The van der Waals surface area contributed by atoms with Crippen molar-refractivity contribution < 1.29 is 9.59 Å². The van der Waals surface area contributed by atoms with Gasteiger partial charge in [-0.1, -0.05) is 29.8 Å². The number of aryl methyl sites for hydroxylation is 1. The summed E-state index contributed by atoms with van der Waals surface area (Å²) in [4.78, 5) is 23.7. The first-order valence-corrected chi connectivity index (χ1v) is 7.76. The summed E-state index contributed by atoms with van der Waals surface area (Å²) in [5.74, 6) is -0.0771. The Hall–Kier alpha value is -2.62. The van der Waals surface area contributed by atoms with Crippen LogP contribution >= 0.6 is 0 Å². The van der Waals surface area contributed by atoms with E-state index in [0.29, 0.717) is 0 Å². The molecule has 2 N–H and O–H groups in total. The topological polar surface area (TPSA) is 58.2 Å². The van der Waals surface area contributed by atoms with Gasteiger partial charge >= 0.3 is 0 Å². The summed E-state index contributed by atoms with van der Waals surface area (Å²) < 4.78 is 0. The normalized spacial score (nSPS) is 14.9. The van der Waals surface area contributed by atoms with Crippen molar-refractivity contribution in [2.45, 2.75) is 32.1 Å². The van der Waals surface area contributed by atoms with Crippen LogP contribution in [0.4, 0.5) is 11.4 Å². The van der Waals surface area contributed by atoms with Gasteiger partial charge in [0.1, 0.15) is 0 Å². The van der Waals surface area contributed by atoms with Crippen molar-refractivity contribution >= 4 is 23.2 Å². The molecule has 2 aromatic carbocycles. The Morgan fingerprint density at radius 1 is 0.870 bits per heavy atom. The fraction of sp³-hybridized carbons (Fsp3) is 0.263. The van der Waals surface area contributed by atoms with Gasteiger partial charge in [-0.15, -0.1) is 0 Å². The first-order chi connectivity index (χ1) is 11.0. The van der Waals surface area contributed by atoms with Crippen LogP contribution in [-0.4, -0.2) is 11.8 Å². The van der Waals surface area contributed by atoms with E-state index in [9.17, 15) is 9.59 Å².